The van der Waals surface area contributed by atoms with Crippen molar-refractivity contribution in [2.24, 2.45) is 4.99 Å². The number of carbonyl (C=O) groups excluding carboxylic acids is 2. The van der Waals surface area contributed by atoms with Gasteiger partial charge in [0.05, 0.1) is 5.56 Å². The molecule has 1 aliphatic rings. The van der Waals surface area contributed by atoms with Gasteiger partial charge in [0.1, 0.15) is 5.75 Å². The molecule has 5 nitrogen and oxygen atoms in total. The van der Waals surface area contributed by atoms with Crippen LogP contribution < -0.4 is 4.74 Å². The Morgan fingerprint density at radius 2 is 1.61 bits per heavy atom. The lowest BCUT2D eigenvalue weighted by molar-refractivity contribution is -0.129. The first-order valence-corrected chi connectivity index (χ1v) is 10.4. The van der Waals surface area contributed by atoms with Gasteiger partial charge >= 0.3 is 11.9 Å². The van der Waals surface area contributed by atoms with Gasteiger partial charge in [0.15, 0.2) is 5.70 Å². The molecule has 0 fully saturated rings. The maximum absolute atomic E-state index is 12.6. The zero-order chi connectivity index (χ0) is 22.0. The highest BCUT2D eigenvalue weighted by molar-refractivity contribution is 9.10. The Balaban J connectivity index is 1.64. The van der Waals surface area contributed by atoms with Crippen molar-refractivity contribution in [3.63, 3.8) is 0 Å². The van der Waals surface area contributed by atoms with Crippen LogP contribution in [0.1, 0.15) is 32.6 Å². The van der Waals surface area contributed by atoms with E-state index in [4.69, 9.17) is 9.47 Å². The molecule has 0 atom stereocenters. The van der Waals surface area contributed by atoms with E-state index in [2.05, 4.69) is 20.9 Å². The lowest BCUT2D eigenvalue weighted by atomic mass is 10.1. The quantitative estimate of drug-likeness (QED) is 0.278. The van der Waals surface area contributed by atoms with E-state index in [0.29, 0.717) is 22.4 Å². The molecular weight excluding hydrogens is 458 g/mol. The van der Waals surface area contributed by atoms with E-state index < -0.39 is 11.9 Å². The molecule has 0 amide bonds. The molecule has 0 unspecified atom stereocenters. The van der Waals surface area contributed by atoms with E-state index in [1.165, 1.54) is 0 Å². The van der Waals surface area contributed by atoms with Crippen LogP contribution in [-0.2, 0) is 9.53 Å². The van der Waals surface area contributed by atoms with Gasteiger partial charge < -0.3 is 9.47 Å². The maximum atomic E-state index is 12.6. The van der Waals surface area contributed by atoms with Crippen LogP contribution in [0.25, 0.3) is 6.08 Å². The average molecular weight is 476 g/mol. The molecule has 1 aliphatic heterocycles. The second kappa shape index (κ2) is 8.70. The van der Waals surface area contributed by atoms with Crippen molar-refractivity contribution < 1.29 is 19.1 Å². The predicted molar refractivity (Wildman–Crippen MR) is 122 cm³/mol. The van der Waals surface area contributed by atoms with Crippen LogP contribution in [-0.4, -0.2) is 17.8 Å². The van der Waals surface area contributed by atoms with Gasteiger partial charge in [-0.3, -0.25) is 0 Å². The summed E-state index contributed by atoms with van der Waals surface area (Å²) in [6.07, 6.45) is 1.55. The first-order valence-electron chi connectivity index (χ1n) is 9.57. The molecule has 0 aliphatic carbocycles. The number of benzene rings is 3. The fourth-order valence-electron chi connectivity index (χ4n) is 2.95. The van der Waals surface area contributed by atoms with E-state index in [-0.39, 0.29) is 11.6 Å². The summed E-state index contributed by atoms with van der Waals surface area (Å²) in [6.45, 7) is 3.92. The van der Waals surface area contributed by atoms with Crippen LogP contribution in [0.3, 0.4) is 0 Å². The van der Waals surface area contributed by atoms with Gasteiger partial charge in [-0.05, 0) is 62.4 Å². The molecule has 3 aromatic rings. The molecule has 31 heavy (non-hydrogen) atoms. The van der Waals surface area contributed by atoms with Crippen molar-refractivity contribution in [2.45, 2.75) is 13.8 Å². The SMILES string of the molecule is Cc1ccc(C(=O)Oc2ccc(Br)cc2/C=C2/N=C(c3ccc(C)cc3)OC2=O)cc1. The summed E-state index contributed by atoms with van der Waals surface area (Å²) < 4.78 is 11.7. The Morgan fingerprint density at radius 3 is 2.29 bits per heavy atom. The second-order valence-electron chi connectivity index (χ2n) is 7.14. The summed E-state index contributed by atoms with van der Waals surface area (Å²) in [6, 6.07) is 19.8. The van der Waals surface area contributed by atoms with Gasteiger partial charge in [-0.25, -0.2) is 14.6 Å². The topological polar surface area (TPSA) is 65.0 Å². The Labute approximate surface area is 188 Å². The molecule has 0 spiro atoms. The number of nitrogens with zero attached hydrogens (tertiary/aromatic N) is 1. The smallest absolute Gasteiger partial charge is 0.363 e. The normalized spacial score (nSPS) is 14.4. The number of cyclic esters (lactones) is 1. The van der Waals surface area contributed by atoms with Crippen LogP contribution in [0.15, 0.2) is 81.9 Å². The molecule has 1 heterocycles. The van der Waals surface area contributed by atoms with Gasteiger partial charge in [-0.2, -0.15) is 0 Å². The molecule has 0 radical (unpaired) electrons. The first kappa shape index (κ1) is 20.8. The monoisotopic (exact) mass is 475 g/mol. The summed E-state index contributed by atoms with van der Waals surface area (Å²) >= 11 is 3.41. The molecule has 0 aromatic heterocycles. The number of hydrogen-bond acceptors (Lipinski definition) is 5. The summed E-state index contributed by atoms with van der Waals surface area (Å²) in [4.78, 5) is 29.3. The van der Waals surface area contributed by atoms with Crippen LogP contribution >= 0.6 is 15.9 Å². The highest BCUT2D eigenvalue weighted by atomic mass is 79.9. The zero-order valence-electron chi connectivity index (χ0n) is 16.9. The van der Waals surface area contributed by atoms with Crippen LogP contribution in [0.4, 0.5) is 0 Å². The molecule has 0 N–H and O–H groups in total. The number of aliphatic imine (C=N–C) groups is 1. The third kappa shape index (κ3) is 4.81. The van der Waals surface area contributed by atoms with E-state index >= 15 is 0 Å². The second-order valence-corrected chi connectivity index (χ2v) is 8.06. The number of hydrogen-bond donors (Lipinski definition) is 0. The minimum atomic E-state index is -0.564. The molecule has 154 valence electrons. The lowest BCUT2D eigenvalue weighted by Crippen LogP contribution is -2.09. The maximum Gasteiger partial charge on any atom is 0.363 e. The Kier molecular flexibility index (Phi) is 5.82. The Morgan fingerprint density at radius 1 is 0.968 bits per heavy atom. The van der Waals surface area contributed by atoms with Crippen molar-refractivity contribution in [3.05, 3.63) is 105 Å². The molecule has 0 saturated carbocycles. The third-order valence-electron chi connectivity index (χ3n) is 4.67. The summed E-state index contributed by atoms with van der Waals surface area (Å²) in [5.74, 6) is -0.497. The minimum Gasteiger partial charge on any atom is -0.422 e. The summed E-state index contributed by atoms with van der Waals surface area (Å²) in [7, 11) is 0. The van der Waals surface area contributed by atoms with Crippen LogP contribution in [0, 0.1) is 13.8 Å². The summed E-state index contributed by atoms with van der Waals surface area (Å²) in [5, 5.41) is 0. The number of ether oxygens (including phenoxy) is 2. The van der Waals surface area contributed by atoms with E-state index in [0.717, 1.165) is 15.6 Å². The highest BCUT2D eigenvalue weighted by Crippen LogP contribution is 2.28. The van der Waals surface area contributed by atoms with E-state index in [1.54, 1.807) is 36.4 Å². The third-order valence-corrected chi connectivity index (χ3v) is 5.17. The largest absolute Gasteiger partial charge is 0.422 e. The fraction of sp³-hybridized carbons (Fsp3) is 0.0800. The fourth-order valence-corrected chi connectivity index (χ4v) is 3.33. The van der Waals surface area contributed by atoms with Gasteiger partial charge in [0, 0.05) is 15.6 Å². The van der Waals surface area contributed by atoms with Gasteiger partial charge in [-0.1, -0.05) is 51.3 Å². The Hall–Kier alpha value is -3.51. The highest BCUT2D eigenvalue weighted by Gasteiger charge is 2.25. The van der Waals surface area contributed by atoms with Crippen molar-refractivity contribution in [3.8, 4) is 5.75 Å². The predicted octanol–water partition coefficient (Wildman–Crippen LogP) is 5.63. The van der Waals surface area contributed by atoms with Crippen LogP contribution in [0.5, 0.6) is 5.75 Å². The Bertz CT molecular complexity index is 1230. The molecular formula is C25H18BrNO4. The van der Waals surface area contributed by atoms with Gasteiger partial charge in [0.2, 0.25) is 5.90 Å². The van der Waals surface area contributed by atoms with E-state index in [1.807, 2.05) is 50.2 Å². The molecule has 3 aromatic carbocycles. The summed E-state index contributed by atoms with van der Waals surface area (Å²) in [5.41, 5.74) is 3.94. The molecule has 4 rings (SSSR count). The van der Waals surface area contributed by atoms with E-state index in [9.17, 15) is 9.59 Å². The number of rotatable bonds is 4. The number of aryl methyl sites for hydroxylation is 2. The van der Waals surface area contributed by atoms with Gasteiger partial charge in [-0.15, -0.1) is 0 Å². The molecule has 6 heteroatoms. The number of carbonyl (C=O) groups is 2. The van der Waals surface area contributed by atoms with Crippen molar-refractivity contribution in [1.29, 1.82) is 0 Å². The molecule has 0 bridgehead atoms. The standard InChI is InChI=1S/C25H18BrNO4/c1-15-3-7-17(8-4-15)23-27-21(25(29)31-23)14-19-13-20(26)11-12-22(19)30-24(28)18-9-5-16(2)6-10-18/h3-14H,1-2H3/b21-14+. The average Bonchev–Trinajstić information content (AvgIpc) is 3.11. The van der Waals surface area contributed by atoms with Crippen LogP contribution in [0.2, 0.25) is 0 Å². The lowest BCUT2D eigenvalue weighted by Gasteiger charge is -2.08. The molecule has 0 saturated heterocycles. The minimum absolute atomic E-state index is 0.126. The van der Waals surface area contributed by atoms with Crippen molar-refractivity contribution in [2.75, 3.05) is 0 Å². The van der Waals surface area contributed by atoms with Crippen molar-refractivity contribution >= 4 is 39.8 Å². The number of halogens is 1. The number of esters is 2. The first-order chi connectivity index (χ1) is 14.9. The van der Waals surface area contributed by atoms with Gasteiger partial charge in [0.25, 0.3) is 0 Å². The van der Waals surface area contributed by atoms with Crippen molar-refractivity contribution in [1.82, 2.24) is 0 Å². The zero-order valence-corrected chi connectivity index (χ0v) is 18.5.